The molecule has 0 atom stereocenters. The fourth-order valence-corrected chi connectivity index (χ4v) is 4.70. The number of nitrogens with one attached hydrogen (secondary N) is 2. The van der Waals surface area contributed by atoms with Crippen LogP contribution in [0.3, 0.4) is 0 Å². The van der Waals surface area contributed by atoms with Crippen molar-refractivity contribution >= 4 is 15.9 Å². The molecule has 34 heavy (non-hydrogen) atoms. The van der Waals surface area contributed by atoms with Crippen molar-refractivity contribution in [2.75, 3.05) is 47.6 Å². The number of ether oxygens (including phenoxy) is 3. The highest BCUT2D eigenvalue weighted by molar-refractivity contribution is 7.89. The molecule has 1 heterocycles. The van der Waals surface area contributed by atoms with Gasteiger partial charge in [-0.05, 0) is 62.8 Å². The van der Waals surface area contributed by atoms with Gasteiger partial charge in [0.15, 0.2) is 0 Å². The van der Waals surface area contributed by atoms with Gasteiger partial charge < -0.3 is 19.5 Å². The number of rotatable bonds is 11. The molecule has 2 aromatic rings. The number of carbonyl (C=O) groups is 1. The van der Waals surface area contributed by atoms with Crippen molar-refractivity contribution in [3.8, 4) is 11.5 Å². The van der Waals surface area contributed by atoms with E-state index >= 15 is 0 Å². The molecule has 0 spiro atoms. The number of methoxy groups -OCH3 is 1. The summed E-state index contributed by atoms with van der Waals surface area (Å²) < 4.78 is 43.2. The summed E-state index contributed by atoms with van der Waals surface area (Å²) in [6.45, 7) is 3.29. The Morgan fingerprint density at radius 3 is 2.65 bits per heavy atom. The summed E-state index contributed by atoms with van der Waals surface area (Å²) in [6, 6.07) is 12.4. The van der Waals surface area contributed by atoms with Gasteiger partial charge in [-0.25, -0.2) is 13.1 Å². The van der Waals surface area contributed by atoms with Crippen LogP contribution in [0.2, 0.25) is 0 Å². The van der Waals surface area contributed by atoms with E-state index in [1.54, 1.807) is 0 Å². The second-order valence-electron chi connectivity index (χ2n) is 8.08. The molecule has 1 fully saturated rings. The highest BCUT2D eigenvalue weighted by Crippen LogP contribution is 2.24. The van der Waals surface area contributed by atoms with Crippen molar-refractivity contribution in [3.63, 3.8) is 0 Å². The third-order valence-corrected chi connectivity index (χ3v) is 7.30. The Morgan fingerprint density at radius 2 is 1.94 bits per heavy atom. The van der Waals surface area contributed by atoms with Crippen LogP contribution in [0, 0.1) is 0 Å². The van der Waals surface area contributed by atoms with Crippen LogP contribution in [0.15, 0.2) is 47.4 Å². The van der Waals surface area contributed by atoms with Crippen LogP contribution in [0.25, 0.3) is 0 Å². The number of hydrogen-bond acceptors (Lipinski definition) is 7. The molecule has 1 saturated heterocycles. The molecular weight excluding hydrogens is 458 g/mol. The van der Waals surface area contributed by atoms with Gasteiger partial charge in [-0.15, -0.1) is 0 Å². The zero-order valence-electron chi connectivity index (χ0n) is 19.9. The summed E-state index contributed by atoms with van der Waals surface area (Å²) in [5, 5.41) is 2.82. The molecule has 1 aliphatic rings. The Balaban J connectivity index is 1.55. The summed E-state index contributed by atoms with van der Waals surface area (Å²) in [4.78, 5) is 14.9. The minimum Gasteiger partial charge on any atom is -0.495 e. The molecule has 0 unspecified atom stereocenters. The third kappa shape index (κ3) is 6.92. The average Bonchev–Trinajstić information content (AvgIpc) is 2.87. The Kier molecular flexibility index (Phi) is 9.28. The van der Waals surface area contributed by atoms with E-state index in [-0.39, 0.29) is 28.7 Å². The fourth-order valence-electron chi connectivity index (χ4n) is 3.78. The van der Waals surface area contributed by atoms with Gasteiger partial charge in [0.25, 0.3) is 5.91 Å². The second-order valence-corrected chi connectivity index (χ2v) is 9.93. The summed E-state index contributed by atoms with van der Waals surface area (Å²) in [6.07, 6.45) is 2.09. The van der Waals surface area contributed by atoms with Crippen LogP contribution in [0.5, 0.6) is 11.5 Å². The maximum Gasteiger partial charge on any atom is 0.251 e. The number of likely N-dealkylation sites (N-methyl/N-ethyl adjacent to an activating group) is 1. The average molecular weight is 492 g/mol. The van der Waals surface area contributed by atoms with Crippen LogP contribution in [0.4, 0.5) is 0 Å². The van der Waals surface area contributed by atoms with Gasteiger partial charge in [0, 0.05) is 37.9 Å². The molecule has 0 saturated carbocycles. The maximum absolute atomic E-state index is 12.7. The number of carbonyl (C=O) groups excluding carboxylic acids is 1. The predicted molar refractivity (Wildman–Crippen MR) is 129 cm³/mol. The van der Waals surface area contributed by atoms with Crippen molar-refractivity contribution in [2.24, 2.45) is 0 Å². The Morgan fingerprint density at radius 1 is 1.18 bits per heavy atom. The number of benzene rings is 2. The van der Waals surface area contributed by atoms with Gasteiger partial charge in [-0.2, -0.15) is 0 Å². The summed E-state index contributed by atoms with van der Waals surface area (Å²) in [7, 11) is 1.02. The first kappa shape index (κ1) is 26.0. The van der Waals surface area contributed by atoms with Crippen LogP contribution in [0.1, 0.15) is 28.8 Å². The molecule has 2 N–H and O–H groups in total. The van der Waals surface area contributed by atoms with E-state index in [1.807, 2.05) is 24.3 Å². The summed E-state index contributed by atoms with van der Waals surface area (Å²) in [5.74, 6) is 0.511. The first-order chi connectivity index (χ1) is 16.3. The Labute approximate surface area is 201 Å². The zero-order valence-corrected chi connectivity index (χ0v) is 20.7. The van der Waals surface area contributed by atoms with Gasteiger partial charge in [-0.1, -0.05) is 12.1 Å². The minimum atomic E-state index is -3.77. The van der Waals surface area contributed by atoms with E-state index in [0.717, 1.165) is 43.9 Å². The van der Waals surface area contributed by atoms with Crippen molar-refractivity contribution in [1.29, 1.82) is 0 Å². The Bertz CT molecular complexity index is 1070. The Hall–Kier alpha value is -2.66. The first-order valence-corrected chi connectivity index (χ1v) is 12.7. The lowest BCUT2D eigenvalue weighted by Gasteiger charge is -2.31. The predicted octanol–water partition coefficient (Wildman–Crippen LogP) is 2.02. The number of hydrogen-bond donors (Lipinski definition) is 2. The molecule has 0 radical (unpaired) electrons. The SMILES string of the molecule is CNS(=O)(=O)c1cc(C(=O)NCc2cccc(OCCN(C)C3CCOCC3)c2)ccc1OC. The molecule has 9 nitrogen and oxygen atoms in total. The number of sulfonamides is 1. The van der Waals surface area contributed by atoms with E-state index < -0.39 is 10.0 Å². The molecule has 2 aromatic carbocycles. The van der Waals surface area contributed by atoms with Crippen LogP contribution < -0.4 is 19.5 Å². The molecule has 0 aliphatic carbocycles. The van der Waals surface area contributed by atoms with Crippen LogP contribution in [-0.4, -0.2) is 72.8 Å². The lowest BCUT2D eigenvalue weighted by atomic mass is 10.1. The molecule has 0 bridgehead atoms. The molecule has 10 heteroatoms. The van der Waals surface area contributed by atoms with E-state index in [1.165, 1.54) is 32.4 Å². The fraction of sp³-hybridized carbons (Fsp3) is 0.458. The van der Waals surface area contributed by atoms with Gasteiger partial charge in [0.05, 0.1) is 7.11 Å². The third-order valence-electron chi connectivity index (χ3n) is 5.86. The first-order valence-electron chi connectivity index (χ1n) is 11.2. The standard InChI is InChI=1S/C24H33N3O6S/c1-25-34(29,30)23-16-19(7-8-22(23)31-3)24(28)26-17-18-5-4-6-21(15-18)33-14-11-27(2)20-9-12-32-13-10-20/h4-8,15-16,20,25H,9-14,17H2,1-3H3,(H,26,28). The second kappa shape index (κ2) is 12.2. The number of nitrogens with zero attached hydrogens (tertiary/aromatic N) is 1. The molecule has 1 aliphatic heterocycles. The van der Waals surface area contributed by atoms with Gasteiger partial charge >= 0.3 is 0 Å². The maximum atomic E-state index is 12.7. The molecule has 1 amide bonds. The quantitative estimate of drug-likeness (QED) is 0.495. The highest BCUT2D eigenvalue weighted by atomic mass is 32.2. The van der Waals surface area contributed by atoms with Crippen LogP contribution >= 0.6 is 0 Å². The largest absolute Gasteiger partial charge is 0.495 e. The van der Waals surface area contributed by atoms with E-state index in [9.17, 15) is 13.2 Å². The van der Waals surface area contributed by atoms with Gasteiger partial charge in [0.2, 0.25) is 10.0 Å². The van der Waals surface area contributed by atoms with Crippen molar-refractivity contribution in [2.45, 2.75) is 30.3 Å². The summed E-state index contributed by atoms with van der Waals surface area (Å²) >= 11 is 0. The lowest BCUT2D eigenvalue weighted by Crippen LogP contribution is -2.38. The van der Waals surface area contributed by atoms with Crippen molar-refractivity contribution in [1.82, 2.24) is 14.9 Å². The van der Waals surface area contributed by atoms with E-state index in [0.29, 0.717) is 12.6 Å². The van der Waals surface area contributed by atoms with Crippen molar-refractivity contribution < 1.29 is 27.4 Å². The highest BCUT2D eigenvalue weighted by Gasteiger charge is 2.20. The van der Waals surface area contributed by atoms with Gasteiger partial charge in [0.1, 0.15) is 23.0 Å². The van der Waals surface area contributed by atoms with Gasteiger partial charge in [-0.3, -0.25) is 9.69 Å². The zero-order chi connectivity index (χ0) is 24.6. The number of amides is 1. The normalized spacial score (nSPS) is 14.7. The van der Waals surface area contributed by atoms with E-state index in [4.69, 9.17) is 14.2 Å². The monoisotopic (exact) mass is 491 g/mol. The molecule has 0 aromatic heterocycles. The topological polar surface area (TPSA) is 106 Å². The van der Waals surface area contributed by atoms with Crippen LogP contribution in [-0.2, 0) is 21.3 Å². The minimum absolute atomic E-state index is 0.0914. The summed E-state index contributed by atoms with van der Waals surface area (Å²) in [5.41, 5.74) is 1.10. The van der Waals surface area contributed by atoms with Crippen molar-refractivity contribution in [3.05, 3.63) is 53.6 Å². The smallest absolute Gasteiger partial charge is 0.251 e. The molecule has 3 rings (SSSR count). The molecule has 186 valence electrons. The lowest BCUT2D eigenvalue weighted by molar-refractivity contribution is 0.0392. The molecular formula is C24H33N3O6S. The van der Waals surface area contributed by atoms with E-state index in [2.05, 4.69) is 22.0 Å².